The van der Waals surface area contributed by atoms with Gasteiger partial charge >= 0.3 is 0 Å². The molecule has 0 atom stereocenters. The Morgan fingerprint density at radius 2 is 2.00 bits per heavy atom. The van der Waals surface area contributed by atoms with Crippen LogP contribution in [0.5, 0.6) is 0 Å². The third-order valence-corrected chi connectivity index (χ3v) is 3.91. The average Bonchev–Trinajstić information content (AvgIpc) is 3.02. The average molecular weight is 403 g/mol. The molecule has 0 aliphatic heterocycles. The van der Waals surface area contributed by atoms with Crippen molar-refractivity contribution in [3.8, 4) is 0 Å². The van der Waals surface area contributed by atoms with Gasteiger partial charge in [0.15, 0.2) is 0 Å². The van der Waals surface area contributed by atoms with E-state index in [1.165, 1.54) is 0 Å². The summed E-state index contributed by atoms with van der Waals surface area (Å²) in [6.07, 6.45) is 3.64. The second-order valence-corrected chi connectivity index (χ2v) is 6.07. The van der Waals surface area contributed by atoms with Crippen LogP contribution in [0.4, 0.5) is 5.69 Å². The number of hydrogen-bond acceptors (Lipinski definition) is 2. The Bertz CT molecular complexity index is 784. The summed E-state index contributed by atoms with van der Waals surface area (Å²) in [5.41, 5.74) is 2.48. The fourth-order valence-corrected chi connectivity index (χ4v) is 2.72. The number of carbonyl (C=O) groups excluding carboxylic acids is 1. The number of benzene rings is 2. The highest BCUT2D eigenvalue weighted by Crippen LogP contribution is 2.18. The lowest BCUT2D eigenvalue weighted by Crippen LogP contribution is -2.14. The molecule has 0 aliphatic carbocycles. The molecule has 0 saturated heterocycles. The van der Waals surface area contributed by atoms with E-state index in [-0.39, 0.29) is 5.91 Å². The van der Waals surface area contributed by atoms with Crippen LogP contribution in [0.25, 0.3) is 0 Å². The van der Waals surface area contributed by atoms with Crippen molar-refractivity contribution < 1.29 is 4.79 Å². The molecule has 3 rings (SSSR count). The monoisotopic (exact) mass is 403 g/mol. The van der Waals surface area contributed by atoms with E-state index < -0.39 is 0 Å². The van der Waals surface area contributed by atoms with Crippen molar-refractivity contribution in [2.75, 3.05) is 5.32 Å². The predicted molar refractivity (Wildman–Crippen MR) is 94.9 cm³/mol. The summed E-state index contributed by atoms with van der Waals surface area (Å²) in [6, 6.07) is 17.2. The predicted octanol–water partition coefficient (Wildman–Crippen LogP) is 3.79. The van der Waals surface area contributed by atoms with Crippen molar-refractivity contribution in [2.45, 2.75) is 6.54 Å². The molecule has 5 heteroatoms. The molecular weight excluding hydrogens is 389 g/mol. The molecule has 4 nitrogen and oxygen atoms in total. The van der Waals surface area contributed by atoms with Gasteiger partial charge in [-0.1, -0.05) is 24.3 Å². The Morgan fingerprint density at radius 1 is 1.14 bits per heavy atom. The first-order valence-electron chi connectivity index (χ1n) is 6.84. The number of halogens is 1. The Labute approximate surface area is 142 Å². The first-order chi connectivity index (χ1) is 10.7. The summed E-state index contributed by atoms with van der Waals surface area (Å²) in [6.45, 7) is 0.621. The van der Waals surface area contributed by atoms with Gasteiger partial charge < -0.3 is 5.32 Å². The molecule has 1 heterocycles. The number of nitrogens with one attached hydrogen (secondary N) is 1. The van der Waals surface area contributed by atoms with Crippen molar-refractivity contribution in [1.29, 1.82) is 0 Å². The van der Waals surface area contributed by atoms with Crippen molar-refractivity contribution in [3.63, 3.8) is 0 Å². The molecule has 3 aromatic rings. The summed E-state index contributed by atoms with van der Waals surface area (Å²) in [4.78, 5) is 12.4. The first kappa shape index (κ1) is 14.8. The van der Waals surface area contributed by atoms with Gasteiger partial charge in [-0.15, -0.1) is 0 Å². The zero-order chi connectivity index (χ0) is 15.4. The van der Waals surface area contributed by atoms with E-state index in [4.69, 9.17) is 0 Å². The second-order valence-electron chi connectivity index (χ2n) is 4.83. The topological polar surface area (TPSA) is 46.9 Å². The molecule has 0 saturated carbocycles. The van der Waals surface area contributed by atoms with Crippen LogP contribution in [-0.2, 0) is 6.54 Å². The molecule has 1 amide bonds. The van der Waals surface area contributed by atoms with Crippen LogP contribution < -0.4 is 5.32 Å². The molecule has 0 fully saturated rings. The normalized spacial score (nSPS) is 10.4. The number of rotatable bonds is 4. The molecule has 0 spiro atoms. The number of para-hydroxylation sites is 1. The maximum Gasteiger partial charge on any atom is 0.255 e. The van der Waals surface area contributed by atoms with E-state index in [0.29, 0.717) is 12.1 Å². The summed E-state index contributed by atoms with van der Waals surface area (Å²) in [7, 11) is 0. The molecular formula is C17H14IN3O. The number of aromatic nitrogens is 2. The zero-order valence-electron chi connectivity index (χ0n) is 11.7. The van der Waals surface area contributed by atoms with E-state index in [1.54, 1.807) is 6.20 Å². The molecule has 0 unspecified atom stereocenters. The van der Waals surface area contributed by atoms with E-state index in [1.807, 2.05) is 65.5 Å². The summed E-state index contributed by atoms with van der Waals surface area (Å²) in [5.74, 6) is -0.105. The molecule has 1 N–H and O–H groups in total. The minimum absolute atomic E-state index is 0.105. The van der Waals surface area contributed by atoms with Gasteiger partial charge in [-0.05, 0) is 58.5 Å². The fourth-order valence-electron chi connectivity index (χ4n) is 2.17. The molecule has 22 heavy (non-hydrogen) atoms. The first-order valence-corrected chi connectivity index (χ1v) is 7.92. The third kappa shape index (κ3) is 3.54. The zero-order valence-corrected chi connectivity index (χ0v) is 13.9. The Balaban J connectivity index is 1.81. The number of nitrogens with zero attached hydrogens (tertiary/aromatic N) is 2. The minimum Gasteiger partial charge on any atom is -0.322 e. The van der Waals surface area contributed by atoms with E-state index in [9.17, 15) is 4.79 Å². The lowest BCUT2D eigenvalue weighted by Gasteiger charge is -2.11. The van der Waals surface area contributed by atoms with Crippen LogP contribution >= 0.6 is 22.6 Å². The molecule has 110 valence electrons. The molecule has 0 bridgehead atoms. The molecule has 0 aliphatic rings. The summed E-state index contributed by atoms with van der Waals surface area (Å²) in [5, 5.41) is 7.19. The second kappa shape index (κ2) is 6.74. The number of carbonyl (C=O) groups is 1. The van der Waals surface area contributed by atoms with Gasteiger partial charge in [0.1, 0.15) is 0 Å². The smallest absolute Gasteiger partial charge is 0.255 e. The molecule has 2 aromatic carbocycles. The van der Waals surface area contributed by atoms with Gasteiger partial charge in [-0.3, -0.25) is 9.48 Å². The number of anilines is 1. The van der Waals surface area contributed by atoms with Crippen molar-refractivity contribution in [3.05, 3.63) is 81.7 Å². The SMILES string of the molecule is O=C(Nc1ccccc1Cn1cccn1)c1cccc(I)c1. The van der Waals surface area contributed by atoms with Gasteiger partial charge in [0.25, 0.3) is 5.91 Å². The molecule has 0 radical (unpaired) electrons. The Morgan fingerprint density at radius 3 is 2.77 bits per heavy atom. The van der Waals surface area contributed by atoms with Crippen LogP contribution in [0.2, 0.25) is 0 Å². The van der Waals surface area contributed by atoms with Crippen LogP contribution in [-0.4, -0.2) is 15.7 Å². The van der Waals surface area contributed by atoms with Crippen LogP contribution in [0.3, 0.4) is 0 Å². The van der Waals surface area contributed by atoms with Gasteiger partial charge in [-0.2, -0.15) is 5.10 Å². The van der Waals surface area contributed by atoms with Crippen molar-refractivity contribution in [2.24, 2.45) is 0 Å². The van der Waals surface area contributed by atoms with E-state index in [2.05, 4.69) is 33.0 Å². The number of hydrogen-bond donors (Lipinski definition) is 1. The minimum atomic E-state index is -0.105. The van der Waals surface area contributed by atoms with Gasteiger partial charge in [-0.25, -0.2) is 0 Å². The van der Waals surface area contributed by atoms with Crippen molar-refractivity contribution >= 4 is 34.2 Å². The van der Waals surface area contributed by atoms with Crippen LogP contribution in [0.15, 0.2) is 67.0 Å². The Kier molecular flexibility index (Phi) is 4.53. The van der Waals surface area contributed by atoms with Gasteiger partial charge in [0.05, 0.1) is 6.54 Å². The standard InChI is InChI=1S/C17H14IN3O/c18-15-7-3-6-13(11-15)17(22)20-16-8-2-1-5-14(16)12-21-10-4-9-19-21/h1-11H,12H2,(H,20,22). The number of amides is 1. The van der Waals surface area contributed by atoms with Crippen LogP contribution in [0, 0.1) is 3.57 Å². The van der Waals surface area contributed by atoms with Crippen LogP contribution in [0.1, 0.15) is 15.9 Å². The quantitative estimate of drug-likeness (QED) is 0.674. The maximum atomic E-state index is 12.4. The lowest BCUT2D eigenvalue weighted by molar-refractivity contribution is 0.102. The summed E-state index contributed by atoms with van der Waals surface area (Å²) < 4.78 is 2.87. The lowest BCUT2D eigenvalue weighted by atomic mass is 10.1. The Hall–Kier alpha value is -2.15. The highest BCUT2D eigenvalue weighted by molar-refractivity contribution is 14.1. The molecule has 1 aromatic heterocycles. The van der Waals surface area contributed by atoms with E-state index >= 15 is 0 Å². The van der Waals surface area contributed by atoms with Gasteiger partial charge in [0.2, 0.25) is 0 Å². The third-order valence-electron chi connectivity index (χ3n) is 3.24. The van der Waals surface area contributed by atoms with Gasteiger partial charge in [0, 0.05) is 27.2 Å². The highest BCUT2D eigenvalue weighted by Gasteiger charge is 2.09. The maximum absolute atomic E-state index is 12.4. The largest absolute Gasteiger partial charge is 0.322 e. The fraction of sp³-hybridized carbons (Fsp3) is 0.0588. The highest BCUT2D eigenvalue weighted by atomic mass is 127. The van der Waals surface area contributed by atoms with E-state index in [0.717, 1.165) is 14.8 Å². The van der Waals surface area contributed by atoms with Crippen molar-refractivity contribution in [1.82, 2.24) is 9.78 Å². The summed E-state index contributed by atoms with van der Waals surface area (Å²) >= 11 is 2.20.